The van der Waals surface area contributed by atoms with Gasteiger partial charge in [0.15, 0.2) is 0 Å². The Hall–Kier alpha value is -3.71. The number of ether oxygens (including phenoxy) is 1. The maximum Gasteiger partial charge on any atom is 0.248 e. The Kier molecular flexibility index (Phi) is 6.01. The third-order valence-corrected chi connectivity index (χ3v) is 5.12. The van der Waals surface area contributed by atoms with Crippen LogP contribution in [0.15, 0.2) is 72.4 Å². The molecule has 1 amide bonds. The number of thiazole rings is 1. The van der Waals surface area contributed by atoms with E-state index in [0.717, 1.165) is 27.7 Å². The lowest BCUT2D eigenvalue weighted by Gasteiger charge is -2.08. The van der Waals surface area contributed by atoms with Crippen molar-refractivity contribution >= 4 is 29.0 Å². The predicted octanol–water partition coefficient (Wildman–Crippen LogP) is 5.07. The summed E-state index contributed by atoms with van der Waals surface area (Å²) in [5.74, 6) is 1.28. The molecule has 0 atom stereocenters. The van der Waals surface area contributed by atoms with Gasteiger partial charge >= 0.3 is 0 Å². The van der Waals surface area contributed by atoms with Gasteiger partial charge in [0.1, 0.15) is 18.2 Å². The van der Waals surface area contributed by atoms with Crippen LogP contribution in [-0.4, -0.2) is 20.9 Å². The highest BCUT2D eigenvalue weighted by Crippen LogP contribution is 2.22. The molecule has 0 aliphatic heterocycles. The Morgan fingerprint density at radius 3 is 2.77 bits per heavy atom. The fraction of sp³-hybridized carbons (Fsp3) is 0.0870. The Morgan fingerprint density at radius 2 is 2.03 bits per heavy atom. The van der Waals surface area contributed by atoms with Gasteiger partial charge in [-0.1, -0.05) is 18.2 Å². The summed E-state index contributed by atoms with van der Waals surface area (Å²) in [4.78, 5) is 24.0. The molecule has 0 aliphatic rings. The van der Waals surface area contributed by atoms with Gasteiger partial charge in [-0.25, -0.2) is 9.97 Å². The molecule has 30 heavy (non-hydrogen) atoms. The van der Waals surface area contributed by atoms with Crippen LogP contribution in [-0.2, 0) is 11.4 Å². The Morgan fingerprint density at radius 1 is 1.20 bits per heavy atom. The zero-order chi connectivity index (χ0) is 20.8. The first kappa shape index (κ1) is 19.6. The number of aryl methyl sites for hydroxylation is 1. The van der Waals surface area contributed by atoms with Crippen molar-refractivity contribution in [2.24, 2.45) is 0 Å². The highest BCUT2D eigenvalue weighted by Gasteiger charge is 2.05. The number of carbonyl (C=O) groups is 1. The van der Waals surface area contributed by atoms with Crippen molar-refractivity contribution in [3.63, 3.8) is 0 Å². The summed E-state index contributed by atoms with van der Waals surface area (Å²) in [7, 11) is 0. The topological polar surface area (TPSA) is 79.9 Å². The van der Waals surface area contributed by atoms with Crippen molar-refractivity contribution < 1.29 is 9.53 Å². The van der Waals surface area contributed by atoms with Crippen LogP contribution in [0.2, 0.25) is 0 Å². The number of H-pyrrole nitrogens is 1. The minimum atomic E-state index is -0.217. The lowest BCUT2D eigenvalue weighted by atomic mass is 10.2. The van der Waals surface area contributed by atoms with Crippen molar-refractivity contribution in [3.8, 4) is 17.1 Å². The number of carbonyl (C=O) groups excluding carboxylic acids is 1. The average molecular weight is 417 g/mol. The molecule has 2 N–H and O–H groups in total. The minimum absolute atomic E-state index is 0.217. The Balaban J connectivity index is 1.38. The van der Waals surface area contributed by atoms with Gasteiger partial charge in [-0.3, -0.25) is 4.79 Å². The van der Waals surface area contributed by atoms with E-state index < -0.39 is 0 Å². The van der Waals surface area contributed by atoms with Crippen molar-refractivity contribution in [2.75, 3.05) is 5.32 Å². The van der Waals surface area contributed by atoms with Crippen LogP contribution in [0, 0.1) is 6.92 Å². The third-order valence-electron chi connectivity index (χ3n) is 4.30. The molecule has 0 fully saturated rings. The molecule has 4 rings (SSSR count). The van der Waals surface area contributed by atoms with E-state index >= 15 is 0 Å². The van der Waals surface area contributed by atoms with Gasteiger partial charge in [-0.05, 0) is 43.3 Å². The maximum atomic E-state index is 12.3. The summed E-state index contributed by atoms with van der Waals surface area (Å²) in [5.41, 5.74) is 3.39. The lowest BCUT2D eigenvalue weighted by Crippen LogP contribution is -2.07. The number of amides is 1. The number of hydrogen-bond acceptors (Lipinski definition) is 5. The SMILES string of the molecule is Cc1nc(COc2ccccc2C=CC(=O)Nc2ccc(-c3ncc[nH]3)cc2)cs1. The summed E-state index contributed by atoms with van der Waals surface area (Å²) >= 11 is 1.60. The molecule has 0 aliphatic carbocycles. The van der Waals surface area contributed by atoms with Crippen LogP contribution in [0.3, 0.4) is 0 Å². The zero-order valence-corrected chi connectivity index (χ0v) is 17.1. The summed E-state index contributed by atoms with van der Waals surface area (Å²) in [5, 5.41) is 5.85. The van der Waals surface area contributed by atoms with E-state index in [4.69, 9.17) is 4.74 Å². The molecule has 0 unspecified atom stereocenters. The molecule has 0 spiro atoms. The summed E-state index contributed by atoms with van der Waals surface area (Å²) in [6.07, 6.45) is 6.72. The van der Waals surface area contributed by atoms with Crippen LogP contribution >= 0.6 is 11.3 Å². The van der Waals surface area contributed by atoms with E-state index in [9.17, 15) is 4.79 Å². The molecule has 4 aromatic rings. The largest absolute Gasteiger partial charge is 0.487 e. The highest BCUT2D eigenvalue weighted by molar-refractivity contribution is 7.09. The smallest absolute Gasteiger partial charge is 0.248 e. The Labute approximate surface area is 178 Å². The molecule has 0 saturated carbocycles. The van der Waals surface area contributed by atoms with E-state index in [1.807, 2.05) is 60.8 Å². The van der Waals surface area contributed by atoms with Crippen molar-refractivity contribution in [2.45, 2.75) is 13.5 Å². The number of nitrogens with zero attached hydrogens (tertiary/aromatic N) is 2. The molecule has 0 saturated heterocycles. The molecule has 0 bridgehead atoms. The predicted molar refractivity (Wildman–Crippen MR) is 119 cm³/mol. The number of aromatic nitrogens is 3. The molecule has 6 nitrogen and oxygen atoms in total. The maximum absolute atomic E-state index is 12.3. The fourth-order valence-corrected chi connectivity index (χ4v) is 3.46. The number of hydrogen-bond donors (Lipinski definition) is 2. The van der Waals surface area contributed by atoms with Gasteiger partial charge in [0.2, 0.25) is 5.91 Å². The van der Waals surface area contributed by atoms with Gasteiger partial charge < -0.3 is 15.0 Å². The van der Waals surface area contributed by atoms with Gasteiger partial charge in [0.25, 0.3) is 0 Å². The molecule has 2 aromatic carbocycles. The van der Waals surface area contributed by atoms with Gasteiger partial charge in [-0.15, -0.1) is 11.3 Å². The lowest BCUT2D eigenvalue weighted by molar-refractivity contribution is -0.111. The van der Waals surface area contributed by atoms with Crippen LogP contribution in [0.4, 0.5) is 5.69 Å². The third kappa shape index (κ3) is 5.01. The first-order valence-electron chi connectivity index (χ1n) is 9.39. The molecule has 2 aromatic heterocycles. The van der Waals surface area contributed by atoms with E-state index in [0.29, 0.717) is 18.0 Å². The normalized spacial score (nSPS) is 11.0. The quantitative estimate of drug-likeness (QED) is 0.412. The summed E-state index contributed by atoms with van der Waals surface area (Å²) < 4.78 is 5.89. The van der Waals surface area contributed by atoms with Crippen molar-refractivity contribution in [1.29, 1.82) is 0 Å². The standard InChI is InChI=1S/C23H20N4O2S/c1-16-26-20(15-30-16)14-29-21-5-3-2-4-17(21)8-11-22(28)27-19-9-6-18(7-10-19)23-24-12-13-25-23/h2-13,15H,14H2,1H3,(H,24,25)(H,27,28). The monoisotopic (exact) mass is 416 g/mol. The zero-order valence-electron chi connectivity index (χ0n) is 16.3. The molecular formula is C23H20N4O2S. The van der Waals surface area contributed by atoms with E-state index in [1.165, 1.54) is 6.08 Å². The molecule has 2 heterocycles. The second kappa shape index (κ2) is 9.19. The van der Waals surface area contributed by atoms with E-state index in [1.54, 1.807) is 29.8 Å². The Bertz CT molecular complexity index is 1150. The fourth-order valence-electron chi connectivity index (χ4n) is 2.86. The molecule has 150 valence electrons. The van der Waals surface area contributed by atoms with Crippen LogP contribution in [0.5, 0.6) is 5.75 Å². The second-order valence-corrected chi connectivity index (χ2v) is 7.58. The first-order valence-corrected chi connectivity index (χ1v) is 10.3. The van der Waals surface area contributed by atoms with Crippen molar-refractivity contribution in [1.82, 2.24) is 15.0 Å². The molecule has 0 radical (unpaired) electrons. The number of rotatable bonds is 7. The number of benzene rings is 2. The van der Waals surface area contributed by atoms with Gasteiger partial charge in [0, 0.05) is 40.7 Å². The van der Waals surface area contributed by atoms with Crippen molar-refractivity contribution in [3.05, 3.63) is 88.6 Å². The van der Waals surface area contributed by atoms with Gasteiger partial charge in [0.05, 0.1) is 10.7 Å². The number of anilines is 1. The first-order chi connectivity index (χ1) is 14.7. The van der Waals surface area contributed by atoms with Crippen LogP contribution < -0.4 is 10.1 Å². The van der Waals surface area contributed by atoms with E-state index in [-0.39, 0.29) is 5.91 Å². The average Bonchev–Trinajstić information content (AvgIpc) is 3.44. The summed E-state index contributed by atoms with van der Waals surface area (Å²) in [6.45, 7) is 2.36. The number of para-hydroxylation sites is 1. The minimum Gasteiger partial charge on any atom is -0.487 e. The van der Waals surface area contributed by atoms with Gasteiger partial charge in [-0.2, -0.15) is 0 Å². The molecule has 7 heteroatoms. The van der Waals surface area contributed by atoms with Crippen LogP contribution in [0.1, 0.15) is 16.3 Å². The van der Waals surface area contributed by atoms with Crippen LogP contribution in [0.25, 0.3) is 17.5 Å². The van der Waals surface area contributed by atoms with E-state index in [2.05, 4.69) is 20.3 Å². The number of imidazole rings is 1. The molecular weight excluding hydrogens is 396 g/mol. The second-order valence-electron chi connectivity index (χ2n) is 6.52. The highest BCUT2D eigenvalue weighted by atomic mass is 32.1. The number of nitrogens with one attached hydrogen (secondary N) is 2. The summed E-state index contributed by atoms with van der Waals surface area (Å²) in [6, 6.07) is 15.1. The number of aromatic amines is 1.